The topological polar surface area (TPSA) is 64.1 Å². The highest BCUT2D eigenvalue weighted by atomic mass is 16.5. The van der Waals surface area contributed by atoms with Crippen molar-refractivity contribution in [2.24, 2.45) is 5.92 Å². The Morgan fingerprint density at radius 3 is 2.32 bits per heavy atom. The van der Waals surface area contributed by atoms with Gasteiger partial charge in [-0.1, -0.05) is 42.5 Å². The largest absolute Gasteiger partial charge is 0.497 e. The van der Waals surface area contributed by atoms with Crippen LogP contribution in [0.4, 0.5) is 0 Å². The zero-order valence-corrected chi connectivity index (χ0v) is 15.7. The molecule has 1 N–H and O–H groups in total. The van der Waals surface area contributed by atoms with Crippen LogP contribution >= 0.6 is 0 Å². The summed E-state index contributed by atoms with van der Waals surface area (Å²) in [4.78, 5) is 28.7. The third-order valence-corrected chi connectivity index (χ3v) is 4.91. The zero-order chi connectivity index (χ0) is 19.5. The van der Waals surface area contributed by atoms with E-state index >= 15 is 0 Å². The maximum absolute atomic E-state index is 13.1. The van der Waals surface area contributed by atoms with Gasteiger partial charge in [0.15, 0.2) is 0 Å². The van der Waals surface area contributed by atoms with Crippen LogP contribution in [0.5, 0.6) is 5.75 Å². The van der Waals surface area contributed by atoms with Crippen LogP contribution in [0.15, 0.2) is 64.2 Å². The molecule has 0 unspecified atom stereocenters. The van der Waals surface area contributed by atoms with Gasteiger partial charge in [0, 0.05) is 6.54 Å². The number of hydrogen-bond donors (Lipinski definition) is 1. The second kappa shape index (κ2) is 7.72. The van der Waals surface area contributed by atoms with Crippen LogP contribution in [-0.2, 0) is 6.54 Å². The van der Waals surface area contributed by atoms with E-state index in [0.717, 1.165) is 29.7 Å². The number of nitrogens with one attached hydrogen (secondary N) is 1. The monoisotopic (exact) mass is 374 g/mol. The van der Waals surface area contributed by atoms with Gasteiger partial charge in [0.05, 0.1) is 7.11 Å². The second-order valence-corrected chi connectivity index (χ2v) is 7.08. The highest BCUT2D eigenvalue weighted by Crippen LogP contribution is 2.29. The maximum Gasteiger partial charge on any atom is 0.274 e. The normalized spacial score (nSPS) is 15.0. The molecule has 4 rings (SSSR count). The van der Waals surface area contributed by atoms with Crippen molar-refractivity contribution in [2.45, 2.75) is 19.4 Å². The lowest BCUT2D eigenvalue weighted by Crippen LogP contribution is -2.53. The molecule has 1 aliphatic rings. The highest BCUT2D eigenvalue weighted by Gasteiger charge is 2.23. The van der Waals surface area contributed by atoms with Gasteiger partial charge >= 0.3 is 0 Å². The molecule has 1 heterocycles. The van der Waals surface area contributed by atoms with Gasteiger partial charge in [-0.2, -0.15) is 0 Å². The van der Waals surface area contributed by atoms with Gasteiger partial charge < -0.3 is 14.3 Å². The predicted molar refractivity (Wildman–Crippen MR) is 110 cm³/mol. The predicted octanol–water partition coefficient (Wildman–Crippen LogP) is 1.61. The smallest absolute Gasteiger partial charge is 0.274 e. The van der Waals surface area contributed by atoms with Gasteiger partial charge in [-0.25, -0.2) is 0 Å². The Morgan fingerprint density at radius 2 is 1.68 bits per heavy atom. The third-order valence-electron chi connectivity index (χ3n) is 4.91. The number of aromatic amines is 1. The van der Waals surface area contributed by atoms with Gasteiger partial charge in [0.25, 0.3) is 11.1 Å². The van der Waals surface area contributed by atoms with Crippen molar-refractivity contribution in [1.29, 1.82) is 0 Å². The van der Waals surface area contributed by atoms with E-state index in [1.165, 1.54) is 0 Å². The molecule has 0 aliphatic heterocycles. The summed E-state index contributed by atoms with van der Waals surface area (Å²) in [6.45, 7) is 0.570. The maximum atomic E-state index is 13.1. The minimum absolute atomic E-state index is 0.171. The van der Waals surface area contributed by atoms with Crippen LogP contribution in [0.25, 0.3) is 12.2 Å². The molecule has 1 aliphatic carbocycles. The van der Waals surface area contributed by atoms with Crippen molar-refractivity contribution in [1.82, 2.24) is 9.55 Å². The molecule has 0 amide bonds. The quantitative estimate of drug-likeness (QED) is 0.738. The standard InChI is InChI=1S/C23H22N2O3/c1-28-19-11-9-17(10-12-19)14-21-22(26)24-20(13-16-5-3-2-4-6-16)23(27)25(21)15-18-7-8-18/h2-6,9-14,18H,7-8,15H2,1H3,(H,24,26). The number of methoxy groups -OCH3 is 1. The number of ether oxygens (including phenoxy) is 1. The van der Waals surface area contributed by atoms with Gasteiger partial charge in [-0.15, -0.1) is 0 Å². The Morgan fingerprint density at radius 1 is 1.00 bits per heavy atom. The molecule has 142 valence electrons. The molecule has 0 bridgehead atoms. The van der Waals surface area contributed by atoms with Crippen LogP contribution in [0.2, 0.25) is 0 Å². The van der Waals surface area contributed by atoms with E-state index in [2.05, 4.69) is 4.98 Å². The number of rotatable bonds is 5. The van der Waals surface area contributed by atoms with E-state index in [1.807, 2.05) is 54.6 Å². The minimum Gasteiger partial charge on any atom is -0.497 e. The van der Waals surface area contributed by atoms with Crippen LogP contribution in [-0.4, -0.2) is 16.7 Å². The van der Waals surface area contributed by atoms with E-state index in [9.17, 15) is 9.59 Å². The molecule has 3 aromatic rings. The summed E-state index contributed by atoms with van der Waals surface area (Å²) in [5.74, 6) is 1.21. The third kappa shape index (κ3) is 3.98. The lowest BCUT2D eigenvalue weighted by molar-refractivity contribution is 0.415. The molecule has 5 heteroatoms. The van der Waals surface area contributed by atoms with Crippen molar-refractivity contribution in [3.05, 3.63) is 97.1 Å². The Bertz CT molecular complexity index is 1200. The Kier molecular flexibility index (Phi) is 4.98. The number of nitrogens with zero attached hydrogens (tertiary/aromatic N) is 1. The van der Waals surface area contributed by atoms with E-state index < -0.39 is 0 Å². The van der Waals surface area contributed by atoms with Crippen molar-refractivity contribution in [2.75, 3.05) is 7.11 Å². The lowest BCUT2D eigenvalue weighted by atomic mass is 10.2. The van der Waals surface area contributed by atoms with E-state index in [1.54, 1.807) is 23.8 Å². The van der Waals surface area contributed by atoms with Crippen LogP contribution in [0, 0.1) is 5.92 Å². The van der Waals surface area contributed by atoms with E-state index in [-0.39, 0.29) is 11.1 Å². The Labute approximate surface area is 162 Å². The van der Waals surface area contributed by atoms with Crippen molar-refractivity contribution < 1.29 is 4.74 Å². The summed E-state index contributed by atoms with van der Waals surface area (Å²) in [5.41, 5.74) is 1.28. The molecular weight excluding hydrogens is 352 g/mol. The molecule has 0 saturated heterocycles. The molecule has 2 aromatic carbocycles. The summed E-state index contributed by atoms with van der Waals surface area (Å²) in [7, 11) is 1.61. The SMILES string of the molecule is COc1ccc(C=c2c(=O)[nH]c(=Cc3ccccc3)c(=O)n2CC2CC2)cc1. The first kappa shape index (κ1) is 18.0. The summed E-state index contributed by atoms with van der Waals surface area (Å²) in [5, 5.41) is 0.691. The minimum atomic E-state index is -0.266. The summed E-state index contributed by atoms with van der Waals surface area (Å²) in [6, 6.07) is 16.9. The summed E-state index contributed by atoms with van der Waals surface area (Å²) in [6.07, 6.45) is 5.68. The first-order valence-corrected chi connectivity index (χ1v) is 9.40. The fourth-order valence-corrected chi connectivity index (χ4v) is 3.17. The van der Waals surface area contributed by atoms with E-state index in [0.29, 0.717) is 23.2 Å². The van der Waals surface area contributed by atoms with Crippen LogP contribution in [0.3, 0.4) is 0 Å². The van der Waals surface area contributed by atoms with E-state index in [4.69, 9.17) is 4.74 Å². The van der Waals surface area contributed by atoms with Gasteiger partial charge in [-0.05, 0) is 54.2 Å². The molecule has 0 spiro atoms. The van der Waals surface area contributed by atoms with Crippen LogP contribution < -0.4 is 26.6 Å². The van der Waals surface area contributed by atoms with Crippen LogP contribution in [0.1, 0.15) is 24.0 Å². The average molecular weight is 374 g/mol. The molecule has 1 aromatic heterocycles. The number of aromatic nitrogens is 2. The van der Waals surface area contributed by atoms with Crippen molar-refractivity contribution >= 4 is 12.2 Å². The fraction of sp³-hybridized carbons (Fsp3) is 0.217. The summed E-state index contributed by atoms with van der Waals surface area (Å²) < 4.78 is 6.80. The molecule has 0 atom stereocenters. The number of hydrogen-bond acceptors (Lipinski definition) is 3. The first-order valence-electron chi connectivity index (χ1n) is 9.40. The van der Waals surface area contributed by atoms with Crippen molar-refractivity contribution in [3.63, 3.8) is 0 Å². The lowest BCUT2D eigenvalue weighted by Gasteiger charge is -2.06. The number of H-pyrrole nitrogens is 1. The molecule has 5 nitrogen and oxygen atoms in total. The fourth-order valence-electron chi connectivity index (χ4n) is 3.17. The van der Waals surface area contributed by atoms with Gasteiger partial charge in [0.1, 0.15) is 16.4 Å². The highest BCUT2D eigenvalue weighted by molar-refractivity contribution is 5.50. The van der Waals surface area contributed by atoms with Gasteiger partial charge in [-0.3, -0.25) is 9.59 Å². The summed E-state index contributed by atoms with van der Waals surface area (Å²) >= 11 is 0. The molecule has 0 radical (unpaired) electrons. The molecule has 1 fully saturated rings. The average Bonchev–Trinajstić information content (AvgIpc) is 3.54. The molecular formula is C23H22N2O3. The zero-order valence-electron chi connectivity index (χ0n) is 15.7. The first-order chi connectivity index (χ1) is 13.6. The molecule has 28 heavy (non-hydrogen) atoms. The van der Waals surface area contributed by atoms with Crippen molar-refractivity contribution in [3.8, 4) is 5.75 Å². The van der Waals surface area contributed by atoms with Gasteiger partial charge in [0.2, 0.25) is 0 Å². The number of benzene rings is 2. The Balaban J connectivity index is 1.89. The second-order valence-electron chi connectivity index (χ2n) is 7.08. The molecule has 1 saturated carbocycles. The Hall–Kier alpha value is -3.34.